The van der Waals surface area contributed by atoms with Crippen LogP contribution in [0, 0.1) is 5.92 Å². The molecule has 0 fully saturated rings. The zero-order valence-corrected chi connectivity index (χ0v) is 12.5. The van der Waals surface area contributed by atoms with E-state index in [0.717, 1.165) is 12.0 Å². The minimum absolute atomic E-state index is 0.0940. The molecule has 2 amide bonds. The van der Waals surface area contributed by atoms with Crippen molar-refractivity contribution >= 4 is 12.0 Å². The molecule has 0 aromatic heterocycles. The lowest BCUT2D eigenvalue weighted by Crippen LogP contribution is -2.51. The molecule has 0 saturated heterocycles. The predicted octanol–water partition coefficient (Wildman–Crippen LogP) is 2.25. The molecule has 1 aromatic carbocycles. The quantitative estimate of drug-likeness (QED) is 0.893. The third-order valence-electron chi connectivity index (χ3n) is 4.18. The maximum absolute atomic E-state index is 12.3. The van der Waals surface area contributed by atoms with Gasteiger partial charge in [-0.15, -0.1) is 0 Å². The van der Waals surface area contributed by atoms with Gasteiger partial charge in [0.1, 0.15) is 6.04 Å². The summed E-state index contributed by atoms with van der Waals surface area (Å²) in [6.45, 7) is 4.92. The van der Waals surface area contributed by atoms with Crippen LogP contribution >= 0.6 is 0 Å². The summed E-state index contributed by atoms with van der Waals surface area (Å²) >= 11 is 0. The largest absolute Gasteiger partial charge is 0.480 e. The number of carbonyl (C=O) groups is 2. The van der Waals surface area contributed by atoms with Crippen molar-refractivity contribution in [3.63, 3.8) is 0 Å². The molecule has 21 heavy (non-hydrogen) atoms. The Labute approximate surface area is 125 Å². The Hall–Kier alpha value is -2.04. The molecule has 1 aromatic rings. The maximum Gasteiger partial charge on any atom is 0.326 e. The molecule has 1 heterocycles. The number of aliphatic carboxylic acids is 1. The molecule has 2 rings (SSSR count). The fourth-order valence-corrected chi connectivity index (χ4v) is 2.58. The predicted molar refractivity (Wildman–Crippen MR) is 80.0 cm³/mol. The van der Waals surface area contributed by atoms with Gasteiger partial charge in [0.05, 0.1) is 0 Å². The minimum atomic E-state index is -0.977. The first-order valence-electron chi connectivity index (χ1n) is 7.38. The van der Waals surface area contributed by atoms with Gasteiger partial charge < -0.3 is 15.3 Å². The number of nitrogens with zero attached hydrogens (tertiary/aromatic N) is 1. The van der Waals surface area contributed by atoms with E-state index in [2.05, 4.69) is 11.4 Å². The summed E-state index contributed by atoms with van der Waals surface area (Å²) in [5.74, 6) is -1.07. The highest BCUT2D eigenvalue weighted by Crippen LogP contribution is 2.19. The molecule has 0 unspecified atom stereocenters. The molecule has 2 atom stereocenters. The Kier molecular flexibility index (Phi) is 4.83. The lowest BCUT2D eigenvalue weighted by Gasteiger charge is -2.31. The van der Waals surface area contributed by atoms with E-state index in [1.54, 1.807) is 4.90 Å². The summed E-state index contributed by atoms with van der Waals surface area (Å²) in [5.41, 5.74) is 2.40. The molecule has 1 aliphatic rings. The first-order valence-corrected chi connectivity index (χ1v) is 7.38. The first-order chi connectivity index (χ1) is 10.0. The average molecular weight is 290 g/mol. The third-order valence-corrected chi connectivity index (χ3v) is 4.18. The molecule has 114 valence electrons. The van der Waals surface area contributed by atoms with E-state index in [9.17, 15) is 14.7 Å². The highest BCUT2D eigenvalue weighted by atomic mass is 16.4. The van der Waals surface area contributed by atoms with Crippen LogP contribution in [-0.4, -0.2) is 34.6 Å². The van der Waals surface area contributed by atoms with Gasteiger partial charge in [0, 0.05) is 13.1 Å². The first kappa shape index (κ1) is 15.4. The maximum atomic E-state index is 12.3. The summed E-state index contributed by atoms with van der Waals surface area (Å²) in [4.78, 5) is 25.3. The number of carboxylic acid groups (broad SMARTS) is 1. The SMILES string of the molecule is CC[C@@H](C)[C@H](NC(=O)N1CCc2ccccc2C1)C(=O)O. The summed E-state index contributed by atoms with van der Waals surface area (Å²) in [6.07, 6.45) is 1.52. The highest BCUT2D eigenvalue weighted by Gasteiger charge is 2.28. The topological polar surface area (TPSA) is 69.6 Å². The zero-order chi connectivity index (χ0) is 15.4. The number of carboxylic acids is 1. The van der Waals surface area contributed by atoms with Crippen LogP contribution < -0.4 is 5.32 Å². The van der Waals surface area contributed by atoms with Crippen molar-refractivity contribution in [2.45, 2.75) is 39.3 Å². The van der Waals surface area contributed by atoms with E-state index in [1.165, 1.54) is 5.56 Å². The normalized spacial score (nSPS) is 16.8. The van der Waals surface area contributed by atoms with Crippen LogP contribution in [0.5, 0.6) is 0 Å². The van der Waals surface area contributed by atoms with Gasteiger partial charge >= 0.3 is 12.0 Å². The molecule has 1 aliphatic heterocycles. The number of urea groups is 1. The van der Waals surface area contributed by atoms with Crippen molar-refractivity contribution in [3.05, 3.63) is 35.4 Å². The summed E-state index contributed by atoms with van der Waals surface area (Å²) in [5, 5.41) is 11.9. The van der Waals surface area contributed by atoms with Crippen LogP contribution in [0.25, 0.3) is 0 Å². The van der Waals surface area contributed by atoms with Crippen LogP contribution in [-0.2, 0) is 17.8 Å². The van der Waals surface area contributed by atoms with E-state index in [1.807, 2.05) is 32.0 Å². The molecule has 0 bridgehead atoms. The lowest BCUT2D eigenvalue weighted by molar-refractivity contribution is -0.140. The number of benzene rings is 1. The van der Waals surface area contributed by atoms with Crippen molar-refractivity contribution < 1.29 is 14.7 Å². The number of amides is 2. The monoisotopic (exact) mass is 290 g/mol. The molecular formula is C16H22N2O3. The van der Waals surface area contributed by atoms with Crippen molar-refractivity contribution in [1.29, 1.82) is 0 Å². The second-order valence-corrected chi connectivity index (χ2v) is 5.59. The van der Waals surface area contributed by atoms with Crippen molar-refractivity contribution in [2.24, 2.45) is 5.92 Å². The van der Waals surface area contributed by atoms with Gasteiger partial charge in [-0.05, 0) is 23.5 Å². The standard InChI is InChI=1S/C16H22N2O3/c1-3-11(2)14(15(19)20)17-16(21)18-9-8-12-6-4-5-7-13(12)10-18/h4-7,11,14H,3,8-10H2,1-2H3,(H,17,21)(H,19,20)/t11-,14+/m1/s1. The minimum Gasteiger partial charge on any atom is -0.480 e. The molecule has 0 radical (unpaired) electrons. The Morgan fingerprint density at radius 1 is 1.33 bits per heavy atom. The van der Waals surface area contributed by atoms with Gasteiger partial charge in [-0.3, -0.25) is 0 Å². The fourth-order valence-electron chi connectivity index (χ4n) is 2.58. The second-order valence-electron chi connectivity index (χ2n) is 5.59. The summed E-state index contributed by atoms with van der Waals surface area (Å²) in [6, 6.07) is 6.91. The molecule has 5 nitrogen and oxygen atoms in total. The van der Waals surface area contributed by atoms with E-state index in [0.29, 0.717) is 19.5 Å². The van der Waals surface area contributed by atoms with Crippen LogP contribution in [0.2, 0.25) is 0 Å². The molecule has 0 aliphatic carbocycles. The third kappa shape index (κ3) is 3.54. The smallest absolute Gasteiger partial charge is 0.326 e. The number of fused-ring (bicyclic) bond motifs is 1. The summed E-state index contributed by atoms with van der Waals surface area (Å²) in [7, 11) is 0. The number of rotatable bonds is 4. The Morgan fingerprint density at radius 2 is 2.00 bits per heavy atom. The Balaban J connectivity index is 2.03. The van der Waals surface area contributed by atoms with Crippen LogP contribution in [0.4, 0.5) is 4.79 Å². The van der Waals surface area contributed by atoms with Crippen LogP contribution in [0.1, 0.15) is 31.4 Å². The molecular weight excluding hydrogens is 268 g/mol. The van der Waals surface area contributed by atoms with Crippen LogP contribution in [0.15, 0.2) is 24.3 Å². The zero-order valence-electron chi connectivity index (χ0n) is 12.5. The van der Waals surface area contributed by atoms with Crippen molar-refractivity contribution in [3.8, 4) is 0 Å². The van der Waals surface area contributed by atoms with E-state index < -0.39 is 12.0 Å². The second kappa shape index (κ2) is 6.61. The number of nitrogens with one attached hydrogen (secondary N) is 1. The Morgan fingerprint density at radius 3 is 2.62 bits per heavy atom. The van der Waals surface area contributed by atoms with Gasteiger partial charge in [-0.2, -0.15) is 0 Å². The van der Waals surface area contributed by atoms with Gasteiger partial charge in [0.25, 0.3) is 0 Å². The average Bonchev–Trinajstić information content (AvgIpc) is 2.50. The highest BCUT2D eigenvalue weighted by molar-refractivity contribution is 5.83. The summed E-state index contributed by atoms with van der Waals surface area (Å²) < 4.78 is 0. The molecule has 5 heteroatoms. The van der Waals surface area contributed by atoms with Crippen molar-refractivity contribution in [2.75, 3.05) is 6.54 Å². The van der Waals surface area contributed by atoms with Gasteiger partial charge in [0.2, 0.25) is 0 Å². The molecule has 2 N–H and O–H groups in total. The van der Waals surface area contributed by atoms with E-state index >= 15 is 0 Å². The van der Waals surface area contributed by atoms with Crippen LogP contribution in [0.3, 0.4) is 0 Å². The Bertz CT molecular complexity index is 530. The number of hydrogen-bond donors (Lipinski definition) is 2. The fraction of sp³-hybridized carbons (Fsp3) is 0.500. The lowest BCUT2D eigenvalue weighted by atomic mass is 9.99. The van der Waals surface area contributed by atoms with Gasteiger partial charge in [0.15, 0.2) is 0 Å². The van der Waals surface area contributed by atoms with Gasteiger partial charge in [-0.1, -0.05) is 44.5 Å². The van der Waals surface area contributed by atoms with E-state index in [-0.39, 0.29) is 11.9 Å². The van der Waals surface area contributed by atoms with Gasteiger partial charge in [-0.25, -0.2) is 9.59 Å². The number of hydrogen-bond acceptors (Lipinski definition) is 2. The number of carbonyl (C=O) groups excluding carboxylic acids is 1. The molecule has 0 spiro atoms. The van der Waals surface area contributed by atoms with Crippen molar-refractivity contribution in [1.82, 2.24) is 10.2 Å². The van der Waals surface area contributed by atoms with E-state index in [4.69, 9.17) is 0 Å². The molecule has 0 saturated carbocycles.